The van der Waals surface area contributed by atoms with Gasteiger partial charge in [0.05, 0.1) is 47.6 Å². The lowest BCUT2D eigenvalue weighted by atomic mass is 10.0. The Morgan fingerprint density at radius 1 is 0.721 bits per heavy atom. The van der Waals surface area contributed by atoms with Crippen LogP contribution in [-0.4, -0.2) is 155 Å². The summed E-state index contributed by atoms with van der Waals surface area (Å²) in [5, 5.41) is 10.3. The van der Waals surface area contributed by atoms with Crippen LogP contribution >= 0.6 is 0 Å². The Kier molecular flexibility index (Phi) is 16.6. The fraction of sp³-hybridized carbons (Fsp3) is 0.667. The second-order valence-corrected chi connectivity index (χ2v) is 10.5. The molecule has 1 atom stereocenters. The Bertz CT molecular complexity index is 974. The van der Waals surface area contributed by atoms with Crippen molar-refractivity contribution in [2.45, 2.75) is 32.2 Å². The lowest BCUT2D eigenvalue weighted by Crippen LogP contribution is -2.52. The number of methoxy groups -OCH3 is 3. The van der Waals surface area contributed by atoms with Gasteiger partial charge in [-0.1, -0.05) is 19.1 Å². The lowest BCUT2D eigenvalue weighted by molar-refractivity contribution is -0.146. The van der Waals surface area contributed by atoms with Gasteiger partial charge in [0, 0.05) is 52.4 Å². The van der Waals surface area contributed by atoms with Crippen LogP contribution in [0.5, 0.6) is 5.75 Å². The van der Waals surface area contributed by atoms with Gasteiger partial charge in [0.1, 0.15) is 11.8 Å². The summed E-state index contributed by atoms with van der Waals surface area (Å²) in [6.07, 6.45) is 1.85. The van der Waals surface area contributed by atoms with Crippen LogP contribution in [0.2, 0.25) is 0 Å². The maximum Gasteiger partial charge on any atom is 0.320 e. The van der Waals surface area contributed by atoms with Gasteiger partial charge in [0.15, 0.2) is 0 Å². The summed E-state index contributed by atoms with van der Waals surface area (Å²) in [6.45, 7) is 6.19. The summed E-state index contributed by atoms with van der Waals surface area (Å²) >= 11 is 0. The Morgan fingerprint density at radius 2 is 1.14 bits per heavy atom. The summed E-state index contributed by atoms with van der Waals surface area (Å²) in [5.41, 5.74) is 1.01. The van der Waals surface area contributed by atoms with Crippen LogP contribution in [0.15, 0.2) is 24.3 Å². The highest BCUT2D eigenvalue weighted by Gasteiger charge is 2.28. The highest BCUT2D eigenvalue weighted by atomic mass is 16.5. The quantitative estimate of drug-likeness (QED) is 0.233. The standard InChI is InChI=1S/C30H48N4O9/c1-5-20-43-25-9-6-24(7-10-25)8-11-26(30(38)39)34-18-16-32(22-28(36)41-3)14-12-31(21-27(35)40-2)13-15-33(17-19-34)23-29(37)42-4/h6-7,9-10,26H,5,8,11-23H2,1-4H3,(H,38,39). The van der Waals surface area contributed by atoms with Crippen molar-refractivity contribution >= 4 is 23.9 Å². The van der Waals surface area contributed by atoms with Gasteiger partial charge in [-0.25, -0.2) is 0 Å². The molecule has 1 saturated heterocycles. The number of aryl methyl sites for hydroxylation is 1. The zero-order valence-corrected chi connectivity index (χ0v) is 26.0. The SMILES string of the molecule is CCCOc1ccc(CCC(C(=O)O)N2CCN(CC(=O)OC)CCN(CC(=O)OC)CCN(CC(=O)OC)CC2)cc1. The largest absolute Gasteiger partial charge is 0.494 e. The molecular weight excluding hydrogens is 560 g/mol. The Hall–Kier alpha value is -3.26. The van der Waals surface area contributed by atoms with Crippen molar-refractivity contribution in [1.82, 2.24) is 19.6 Å². The Morgan fingerprint density at radius 3 is 1.51 bits per heavy atom. The van der Waals surface area contributed by atoms with Gasteiger partial charge in [-0.3, -0.25) is 38.8 Å². The third-order valence-corrected chi connectivity index (χ3v) is 7.44. The van der Waals surface area contributed by atoms with Gasteiger partial charge in [-0.05, 0) is 37.0 Å². The number of aliphatic carboxylic acids is 1. The molecule has 0 aliphatic carbocycles. The van der Waals surface area contributed by atoms with Crippen molar-refractivity contribution in [3.05, 3.63) is 29.8 Å². The normalized spacial score (nSPS) is 17.2. The predicted molar refractivity (Wildman–Crippen MR) is 159 cm³/mol. The molecule has 1 fully saturated rings. The minimum Gasteiger partial charge on any atom is -0.494 e. The van der Waals surface area contributed by atoms with Gasteiger partial charge in [0.2, 0.25) is 0 Å². The average Bonchev–Trinajstić information content (AvgIpc) is 3.00. The number of rotatable bonds is 14. The van der Waals surface area contributed by atoms with Crippen molar-refractivity contribution in [2.24, 2.45) is 0 Å². The van der Waals surface area contributed by atoms with E-state index in [-0.39, 0.29) is 25.6 Å². The third-order valence-electron chi connectivity index (χ3n) is 7.44. The first-order valence-corrected chi connectivity index (χ1v) is 14.7. The zero-order chi connectivity index (χ0) is 31.6. The Balaban J connectivity index is 2.25. The molecule has 1 aliphatic heterocycles. The van der Waals surface area contributed by atoms with Gasteiger partial charge in [0.25, 0.3) is 0 Å². The maximum atomic E-state index is 12.6. The van der Waals surface area contributed by atoms with E-state index in [1.54, 1.807) is 0 Å². The maximum absolute atomic E-state index is 12.6. The molecule has 1 unspecified atom stereocenters. The van der Waals surface area contributed by atoms with Gasteiger partial charge >= 0.3 is 23.9 Å². The van der Waals surface area contributed by atoms with Crippen LogP contribution in [0.25, 0.3) is 0 Å². The molecule has 1 heterocycles. The molecule has 1 aliphatic rings. The van der Waals surface area contributed by atoms with Gasteiger partial charge in [-0.2, -0.15) is 0 Å². The third kappa shape index (κ3) is 13.7. The molecule has 0 amide bonds. The molecule has 1 N–H and O–H groups in total. The van der Waals surface area contributed by atoms with E-state index < -0.39 is 23.9 Å². The van der Waals surface area contributed by atoms with E-state index in [4.69, 9.17) is 18.9 Å². The molecule has 242 valence electrons. The molecule has 0 bridgehead atoms. The number of carbonyl (C=O) groups is 4. The van der Waals surface area contributed by atoms with Crippen molar-refractivity contribution in [1.29, 1.82) is 0 Å². The molecule has 1 aromatic carbocycles. The van der Waals surface area contributed by atoms with Crippen LogP contribution in [0.1, 0.15) is 25.3 Å². The van der Waals surface area contributed by atoms with E-state index in [9.17, 15) is 24.3 Å². The molecular formula is C30H48N4O9. The molecule has 43 heavy (non-hydrogen) atoms. The average molecular weight is 609 g/mol. The Labute approximate surface area is 254 Å². The minimum absolute atomic E-state index is 0.0368. The molecule has 2 rings (SSSR count). The van der Waals surface area contributed by atoms with E-state index in [1.807, 2.05) is 50.8 Å². The van der Waals surface area contributed by atoms with E-state index in [1.165, 1.54) is 21.3 Å². The van der Waals surface area contributed by atoms with E-state index in [0.29, 0.717) is 71.8 Å². The fourth-order valence-electron chi connectivity index (χ4n) is 4.82. The number of carbonyl (C=O) groups excluding carboxylic acids is 3. The summed E-state index contributed by atoms with van der Waals surface area (Å²) in [6, 6.07) is 6.92. The summed E-state index contributed by atoms with van der Waals surface area (Å²) in [5.74, 6) is -1.33. The van der Waals surface area contributed by atoms with Crippen LogP contribution in [0, 0.1) is 0 Å². The van der Waals surface area contributed by atoms with Gasteiger partial charge < -0.3 is 24.1 Å². The van der Waals surface area contributed by atoms with Gasteiger partial charge in [-0.15, -0.1) is 0 Å². The number of carboxylic acids is 1. The van der Waals surface area contributed by atoms with Crippen LogP contribution in [-0.2, 0) is 39.8 Å². The second-order valence-electron chi connectivity index (χ2n) is 10.5. The van der Waals surface area contributed by atoms with E-state index in [2.05, 4.69) is 0 Å². The topological polar surface area (TPSA) is 138 Å². The number of benzene rings is 1. The minimum atomic E-state index is -0.932. The van der Waals surface area contributed by atoms with E-state index >= 15 is 0 Å². The summed E-state index contributed by atoms with van der Waals surface area (Å²) in [7, 11) is 3.98. The zero-order valence-electron chi connectivity index (χ0n) is 26.0. The predicted octanol–water partition coefficient (Wildman–Crippen LogP) is 0.602. The van der Waals surface area contributed by atoms with Crippen molar-refractivity contribution in [3.63, 3.8) is 0 Å². The number of esters is 3. The van der Waals surface area contributed by atoms with Crippen LogP contribution in [0.3, 0.4) is 0 Å². The second kappa shape index (κ2) is 19.8. The fourth-order valence-corrected chi connectivity index (χ4v) is 4.82. The molecule has 1 aromatic rings. The molecule has 0 spiro atoms. The number of hydrogen-bond donors (Lipinski definition) is 1. The van der Waals surface area contributed by atoms with Crippen LogP contribution < -0.4 is 4.74 Å². The van der Waals surface area contributed by atoms with Crippen molar-refractivity contribution < 1.29 is 43.2 Å². The first kappa shape index (κ1) is 35.9. The molecule has 0 saturated carbocycles. The highest BCUT2D eigenvalue weighted by molar-refractivity contribution is 5.74. The van der Waals surface area contributed by atoms with Crippen molar-refractivity contribution in [2.75, 3.05) is 99.9 Å². The number of ether oxygens (including phenoxy) is 4. The summed E-state index contributed by atoms with van der Waals surface area (Å²) < 4.78 is 20.3. The summed E-state index contributed by atoms with van der Waals surface area (Å²) in [4.78, 5) is 56.6. The first-order valence-electron chi connectivity index (χ1n) is 14.7. The number of hydrogen-bond acceptors (Lipinski definition) is 12. The lowest BCUT2D eigenvalue weighted by Gasteiger charge is -2.35. The van der Waals surface area contributed by atoms with Crippen LogP contribution in [0.4, 0.5) is 0 Å². The van der Waals surface area contributed by atoms with Crippen molar-refractivity contribution in [3.8, 4) is 5.75 Å². The number of carboxylic acid groups (broad SMARTS) is 1. The monoisotopic (exact) mass is 608 g/mol. The highest BCUT2D eigenvalue weighted by Crippen LogP contribution is 2.16. The molecule has 0 radical (unpaired) electrons. The molecule has 0 aromatic heterocycles. The molecule has 13 nitrogen and oxygen atoms in total. The molecule has 13 heteroatoms. The first-order chi connectivity index (χ1) is 20.7. The number of nitrogens with zero attached hydrogens (tertiary/aromatic N) is 4. The smallest absolute Gasteiger partial charge is 0.320 e. The van der Waals surface area contributed by atoms with E-state index in [0.717, 1.165) is 17.7 Å².